The van der Waals surface area contributed by atoms with Crippen molar-refractivity contribution >= 4 is 0 Å². The molecular weight excluding hydrogens is 326 g/mol. The quantitative estimate of drug-likeness (QED) is 0.255. The third kappa shape index (κ3) is 2.37. The van der Waals surface area contributed by atoms with Gasteiger partial charge in [0.05, 0.1) is 13.2 Å². The van der Waals surface area contributed by atoms with E-state index in [1.165, 1.54) is 0 Å². The molecule has 1 rings (SSSR count). The van der Waals surface area contributed by atoms with Gasteiger partial charge < -0.3 is 9.47 Å². The second-order valence-electron chi connectivity index (χ2n) is 3.88. The monoisotopic (exact) mass is 332 g/mol. The fourth-order valence-electron chi connectivity index (χ4n) is 1.67. The van der Waals surface area contributed by atoms with E-state index in [0.29, 0.717) is 0 Å². The fourth-order valence-corrected chi connectivity index (χ4v) is 1.67. The van der Waals surface area contributed by atoms with Crippen molar-refractivity contribution in [1.29, 1.82) is 0 Å². The van der Waals surface area contributed by atoms with Crippen molar-refractivity contribution < 1.29 is 37.9 Å². The summed E-state index contributed by atoms with van der Waals surface area (Å²) in [5, 5.41) is 42.3. The topological polar surface area (TPSA) is 191 Å². The molecule has 14 nitrogen and oxygen atoms in total. The lowest BCUT2D eigenvalue weighted by molar-refractivity contribution is -0.867. The average molecular weight is 332 g/mol. The second-order valence-corrected chi connectivity index (χ2v) is 3.88. The maximum atomic E-state index is 14.0. The molecule has 0 aromatic heterocycles. The van der Waals surface area contributed by atoms with Gasteiger partial charge in [0.1, 0.15) is 19.7 Å². The van der Waals surface area contributed by atoms with Crippen LogP contribution in [0.1, 0.15) is 0 Å². The molecule has 124 valence electrons. The predicted molar refractivity (Wildman–Crippen MR) is 55.1 cm³/mol. The van der Waals surface area contributed by atoms with Crippen molar-refractivity contribution in [2.24, 2.45) is 0 Å². The summed E-state index contributed by atoms with van der Waals surface area (Å²) >= 11 is 0. The highest BCUT2D eigenvalue weighted by Gasteiger charge is 2.81. The zero-order valence-electron chi connectivity index (χ0n) is 10.2. The zero-order valence-corrected chi connectivity index (χ0v) is 10.2. The van der Waals surface area contributed by atoms with E-state index in [1.54, 1.807) is 0 Å². The van der Waals surface area contributed by atoms with E-state index in [-0.39, 0.29) is 0 Å². The van der Waals surface area contributed by atoms with Crippen molar-refractivity contribution in [3.63, 3.8) is 0 Å². The number of rotatable bonds is 6. The molecule has 0 aromatic rings. The van der Waals surface area contributed by atoms with Gasteiger partial charge in [-0.1, -0.05) is 8.78 Å². The number of nitro groups is 4. The van der Waals surface area contributed by atoms with Gasteiger partial charge >= 0.3 is 11.8 Å². The van der Waals surface area contributed by atoms with Crippen LogP contribution in [-0.2, 0) is 9.47 Å². The third-order valence-corrected chi connectivity index (χ3v) is 2.70. The van der Waals surface area contributed by atoms with Crippen LogP contribution in [0, 0.1) is 40.5 Å². The molecule has 1 aliphatic heterocycles. The first-order chi connectivity index (χ1) is 10.0. The molecule has 0 aromatic carbocycles. The summed E-state index contributed by atoms with van der Waals surface area (Å²) in [6, 6.07) is 0. The fraction of sp³-hybridized carbons (Fsp3) is 1.00. The molecule has 1 heterocycles. The van der Waals surface area contributed by atoms with Gasteiger partial charge in [-0.3, -0.25) is 40.5 Å². The van der Waals surface area contributed by atoms with E-state index in [1.807, 2.05) is 0 Å². The predicted octanol–water partition coefficient (Wildman–Crippen LogP) is -0.876. The molecule has 0 saturated carbocycles. The normalized spacial score (nSPS) is 22.8. The number of nitrogens with zero attached hydrogens (tertiary/aromatic N) is 4. The van der Waals surface area contributed by atoms with Gasteiger partial charge in [-0.2, -0.15) is 0 Å². The van der Waals surface area contributed by atoms with Gasteiger partial charge in [0.15, 0.2) is 0 Å². The third-order valence-electron chi connectivity index (χ3n) is 2.70. The maximum absolute atomic E-state index is 14.0. The Kier molecular flexibility index (Phi) is 4.47. The first-order valence-corrected chi connectivity index (χ1v) is 5.19. The Labute approximate surface area is 117 Å². The number of ether oxygens (including phenoxy) is 2. The van der Waals surface area contributed by atoms with Crippen molar-refractivity contribution in [3.8, 4) is 0 Å². The van der Waals surface area contributed by atoms with E-state index in [9.17, 15) is 49.2 Å². The van der Waals surface area contributed by atoms with Crippen molar-refractivity contribution in [3.05, 3.63) is 40.5 Å². The van der Waals surface area contributed by atoms with Crippen LogP contribution < -0.4 is 0 Å². The Morgan fingerprint density at radius 2 is 0.955 bits per heavy atom. The van der Waals surface area contributed by atoms with E-state index >= 15 is 0 Å². The Morgan fingerprint density at radius 3 is 1.14 bits per heavy atom. The summed E-state index contributed by atoms with van der Waals surface area (Å²) in [7, 11) is 0. The SMILES string of the molecule is O=[N+]([O-])C(F)(C1OCCOC1C(F)([N+](=O)[O-])[N+](=O)[O-])[N+](=O)[O-]. The minimum Gasteiger partial charge on any atom is -0.356 e. The van der Waals surface area contributed by atoms with Crippen LogP contribution in [0.4, 0.5) is 8.78 Å². The number of hydrogen-bond donors (Lipinski definition) is 0. The highest BCUT2D eigenvalue weighted by Crippen LogP contribution is 2.35. The molecular formula is C6H6F2N4O10. The Morgan fingerprint density at radius 1 is 0.727 bits per heavy atom. The number of alkyl halides is 2. The highest BCUT2D eigenvalue weighted by molar-refractivity contribution is 4.86. The summed E-state index contributed by atoms with van der Waals surface area (Å²) < 4.78 is 36.6. The molecule has 16 heteroatoms. The summed E-state index contributed by atoms with van der Waals surface area (Å²) in [4.78, 5) is 33.6. The minimum atomic E-state index is -4.78. The van der Waals surface area contributed by atoms with Crippen molar-refractivity contribution in [1.82, 2.24) is 0 Å². The summed E-state index contributed by atoms with van der Waals surface area (Å²) in [6.07, 6.45) is -6.32. The molecule has 0 radical (unpaired) electrons. The van der Waals surface area contributed by atoms with Crippen LogP contribution in [0.3, 0.4) is 0 Å². The minimum absolute atomic E-state index is 0.736. The number of hydrogen-bond acceptors (Lipinski definition) is 10. The van der Waals surface area contributed by atoms with Gasteiger partial charge in [0.2, 0.25) is 0 Å². The standard InChI is InChI=1S/C6H6F2N4O10/c7-5(9(13)14,10(15)16)3-4(22-2-1-21-3)6(8,11(17)18)12(19)20/h3-4H,1-2H2. The summed E-state index contributed by atoms with van der Waals surface area (Å²) in [5.74, 6) is -9.57. The lowest BCUT2D eigenvalue weighted by atomic mass is 10.0. The van der Waals surface area contributed by atoms with Gasteiger partial charge in [0, 0.05) is 0 Å². The molecule has 0 aliphatic carbocycles. The lowest BCUT2D eigenvalue weighted by Crippen LogP contribution is -2.68. The molecule has 2 atom stereocenters. The van der Waals surface area contributed by atoms with Crippen molar-refractivity contribution in [2.45, 2.75) is 24.0 Å². The Balaban J connectivity index is 3.44. The smallest absolute Gasteiger partial charge is 0.356 e. The highest BCUT2D eigenvalue weighted by atomic mass is 19.2. The van der Waals surface area contributed by atoms with Crippen LogP contribution in [-0.4, -0.2) is 56.9 Å². The van der Waals surface area contributed by atoms with E-state index in [0.717, 1.165) is 0 Å². The first-order valence-electron chi connectivity index (χ1n) is 5.19. The van der Waals surface area contributed by atoms with Gasteiger partial charge in [-0.25, -0.2) is 0 Å². The zero-order chi connectivity index (χ0) is 17.3. The van der Waals surface area contributed by atoms with Crippen LogP contribution >= 0.6 is 0 Å². The molecule has 0 bridgehead atoms. The van der Waals surface area contributed by atoms with Crippen LogP contribution in [0.15, 0.2) is 0 Å². The molecule has 0 N–H and O–H groups in total. The lowest BCUT2D eigenvalue weighted by Gasteiger charge is -2.30. The maximum Gasteiger partial charge on any atom is 0.644 e. The molecule has 0 amide bonds. The van der Waals surface area contributed by atoms with Gasteiger partial charge in [-0.05, 0) is 0 Å². The van der Waals surface area contributed by atoms with Crippen molar-refractivity contribution in [2.75, 3.05) is 13.2 Å². The van der Waals surface area contributed by atoms with E-state index < -0.39 is 56.9 Å². The average Bonchev–Trinajstić information content (AvgIpc) is 2.44. The van der Waals surface area contributed by atoms with Crippen LogP contribution in [0.2, 0.25) is 0 Å². The first kappa shape index (κ1) is 17.4. The second kappa shape index (κ2) is 5.64. The van der Waals surface area contributed by atoms with Gasteiger partial charge in [0.25, 0.3) is 12.2 Å². The molecule has 2 unspecified atom stereocenters. The summed E-state index contributed by atoms with van der Waals surface area (Å²) in [6.45, 7) is -1.47. The summed E-state index contributed by atoms with van der Waals surface area (Å²) in [5.41, 5.74) is 0. The van der Waals surface area contributed by atoms with E-state index in [4.69, 9.17) is 0 Å². The Hall–Kier alpha value is -2.62. The Bertz CT molecular complexity index is 454. The van der Waals surface area contributed by atoms with Gasteiger partial charge in [-0.15, -0.1) is 0 Å². The van der Waals surface area contributed by atoms with E-state index in [2.05, 4.69) is 9.47 Å². The van der Waals surface area contributed by atoms with Crippen LogP contribution in [0.5, 0.6) is 0 Å². The molecule has 1 aliphatic rings. The van der Waals surface area contributed by atoms with Crippen LogP contribution in [0.25, 0.3) is 0 Å². The molecule has 1 fully saturated rings. The molecule has 22 heavy (non-hydrogen) atoms. The largest absolute Gasteiger partial charge is 0.644 e. The number of halogens is 2. The molecule has 0 spiro atoms. The molecule has 1 saturated heterocycles.